The molecule has 0 saturated carbocycles. The van der Waals surface area contributed by atoms with Crippen molar-refractivity contribution in [1.29, 1.82) is 0 Å². The van der Waals surface area contributed by atoms with Gasteiger partial charge in [0.2, 0.25) is 0 Å². The van der Waals surface area contributed by atoms with E-state index in [2.05, 4.69) is 25.6 Å². The third-order valence-corrected chi connectivity index (χ3v) is 5.02. The maximum Gasteiger partial charge on any atom is 0.433 e. The minimum atomic E-state index is -4.65. The van der Waals surface area contributed by atoms with Gasteiger partial charge in [0.05, 0.1) is 0 Å². The molecule has 4 rings (SSSR count). The Balaban J connectivity index is 1.65. The van der Waals surface area contributed by atoms with E-state index in [-0.39, 0.29) is 16.9 Å². The number of benzene rings is 1. The first-order valence-corrected chi connectivity index (χ1v) is 9.75. The van der Waals surface area contributed by atoms with Gasteiger partial charge in [0.25, 0.3) is 5.91 Å². The van der Waals surface area contributed by atoms with Gasteiger partial charge in [0, 0.05) is 47.8 Å². The van der Waals surface area contributed by atoms with Crippen LogP contribution in [0.2, 0.25) is 0 Å². The van der Waals surface area contributed by atoms with Gasteiger partial charge in [-0.3, -0.25) is 14.8 Å². The number of aromatic nitrogens is 3. The number of halogens is 4. The van der Waals surface area contributed by atoms with Gasteiger partial charge in [-0.2, -0.15) is 13.2 Å². The van der Waals surface area contributed by atoms with E-state index in [0.717, 1.165) is 11.8 Å². The standard InChI is InChI=1S/C23H17F4N5O/c1-12-3-4-16(32-22(33)13-5-6-29-18(8-13)23(25,26)27)9-17(12)14-7-15-11-31-21(28-2)19(24)20(15)30-10-14/h3-11H,1-2H3,(H,28,31)(H,32,33). The van der Waals surface area contributed by atoms with E-state index < -0.39 is 23.6 Å². The third kappa shape index (κ3) is 4.45. The summed E-state index contributed by atoms with van der Waals surface area (Å²) in [5, 5.41) is 5.76. The summed E-state index contributed by atoms with van der Waals surface area (Å²) in [6, 6.07) is 8.69. The summed E-state index contributed by atoms with van der Waals surface area (Å²) in [5.74, 6) is -1.18. The molecule has 0 aliphatic rings. The predicted octanol–water partition coefficient (Wildman–Crippen LogP) is 5.45. The van der Waals surface area contributed by atoms with Crippen LogP contribution in [0.5, 0.6) is 0 Å². The summed E-state index contributed by atoms with van der Waals surface area (Å²) in [7, 11) is 1.56. The average molecular weight is 455 g/mol. The number of fused-ring (bicyclic) bond motifs is 1. The molecule has 3 heterocycles. The summed E-state index contributed by atoms with van der Waals surface area (Å²) in [6.07, 6.45) is -0.703. The van der Waals surface area contributed by atoms with Crippen molar-refractivity contribution in [2.45, 2.75) is 13.1 Å². The number of aryl methyl sites for hydroxylation is 1. The Morgan fingerprint density at radius 3 is 2.52 bits per heavy atom. The lowest BCUT2D eigenvalue weighted by atomic mass is 10.00. The van der Waals surface area contributed by atoms with Crippen LogP contribution >= 0.6 is 0 Å². The molecule has 0 aliphatic carbocycles. The molecule has 6 nitrogen and oxygen atoms in total. The van der Waals surface area contributed by atoms with Gasteiger partial charge < -0.3 is 10.6 Å². The minimum absolute atomic E-state index is 0.0911. The number of hydrogen-bond donors (Lipinski definition) is 2. The van der Waals surface area contributed by atoms with E-state index >= 15 is 0 Å². The van der Waals surface area contributed by atoms with E-state index in [4.69, 9.17) is 0 Å². The Morgan fingerprint density at radius 2 is 1.79 bits per heavy atom. The fourth-order valence-electron chi connectivity index (χ4n) is 3.33. The van der Waals surface area contributed by atoms with Crippen molar-refractivity contribution in [3.05, 3.63) is 77.6 Å². The molecule has 3 aromatic heterocycles. The lowest BCUT2D eigenvalue weighted by molar-refractivity contribution is -0.141. The molecule has 1 aromatic carbocycles. The number of nitrogens with zero attached hydrogens (tertiary/aromatic N) is 3. The Hall–Kier alpha value is -4.08. The monoisotopic (exact) mass is 455 g/mol. The number of carbonyl (C=O) groups excluding carboxylic acids is 1. The SMILES string of the molecule is CNc1ncc2cc(-c3cc(NC(=O)c4ccnc(C(F)(F)F)c4)ccc3C)cnc2c1F. The van der Waals surface area contributed by atoms with Crippen molar-refractivity contribution in [3.8, 4) is 11.1 Å². The molecule has 0 bridgehead atoms. The van der Waals surface area contributed by atoms with Crippen LogP contribution < -0.4 is 10.6 Å². The highest BCUT2D eigenvalue weighted by atomic mass is 19.4. The topological polar surface area (TPSA) is 79.8 Å². The van der Waals surface area contributed by atoms with Crippen molar-refractivity contribution in [2.24, 2.45) is 0 Å². The molecule has 1 amide bonds. The maximum absolute atomic E-state index is 14.4. The Labute approximate surface area is 185 Å². The van der Waals surface area contributed by atoms with Gasteiger partial charge in [0.15, 0.2) is 11.6 Å². The Bertz CT molecular complexity index is 1370. The lowest BCUT2D eigenvalue weighted by Gasteiger charge is -2.12. The number of carbonyl (C=O) groups is 1. The molecular weight excluding hydrogens is 438 g/mol. The van der Waals surface area contributed by atoms with Gasteiger partial charge in [-0.1, -0.05) is 6.07 Å². The summed E-state index contributed by atoms with van der Waals surface area (Å²) >= 11 is 0. The van der Waals surface area contributed by atoms with Crippen LogP contribution in [0.4, 0.5) is 29.1 Å². The molecular formula is C23H17F4N5O. The molecule has 33 heavy (non-hydrogen) atoms. The molecule has 0 saturated heterocycles. The predicted molar refractivity (Wildman–Crippen MR) is 116 cm³/mol. The highest BCUT2D eigenvalue weighted by Crippen LogP contribution is 2.31. The smallest absolute Gasteiger partial charge is 0.371 e. The second kappa shape index (κ2) is 8.45. The molecule has 0 fully saturated rings. The van der Waals surface area contributed by atoms with Gasteiger partial charge >= 0.3 is 6.18 Å². The van der Waals surface area contributed by atoms with E-state index in [1.165, 1.54) is 18.5 Å². The fraction of sp³-hybridized carbons (Fsp3) is 0.130. The number of amides is 1. The van der Waals surface area contributed by atoms with Crippen LogP contribution in [0.25, 0.3) is 22.0 Å². The summed E-state index contributed by atoms with van der Waals surface area (Å²) in [4.78, 5) is 24.0. The Kier molecular flexibility index (Phi) is 5.67. The van der Waals surface area contributed by atoms with E-state index in [9.17, 15) is 22.4 Å². The molecule has 4 aromatic rings. The van der Waals surface area contributed by atoms with Gasteiger partial charge in [0.1, 0.15) is 11.2 Å². The third-order valence-electron chi connectivity index (χ3n) is 5.02. The highest BCUT2D eigenvalue weighted by Gasteiger charge is 2.33. The average Bonchev–Trinajstić information content (AvgIpc) is 2.80. The Morgan fingerprint density at radius 1 is 1.00 bits per heavy atom. The zero-order valence-electron chi connectivity index (χ0n) is 17.5. The fourth-order valence-corrected chi connectivity index (χ4v) is 3.33. The van der Waals surface area contributed by atoms with Crippen LogP contribution in [-0.4, -0.2) is 27.9 Å². The van der Waals surface area contributed by atoms with Gasteiger partial charge in [-0.05, 0) is 48.4 Å². The first-order chi connectivity index (χ1) is 15.7. The molecule has 0 atom stereocenters. The van der Waals surface area contributed by atoms with Crippen LogP contribution in [0.1, 0.15) is 21.6 Å². The second-order valence-electron chi connectivity index (χ2n) is 7.24. The van der Waals surface area contributed by atoms with Crippen molar-refractivity contribution < 1.29 is 22.4 Å². The highest BCUT2D eigenvalue weighted by molar-refractivity contribution is 6.04. The van der Waals surface area contributed by atoms with E-state index in [1.54, 1.807) is 31.3 Å². The van der Waals surface area contributed by atoms with Crippen molar-refractivity contribution in [2.75, 3.05) is 17.7 Å². The molecule has 0 aliphatic heterocycles. The quantitative estimate of drug-likeness (QED) is 0.400. The lowest BCUT2D eigenvalue weighted by Crippen LogP contribution is -2.15. The number of rotatable bonds is 4. The van der Waals surface area contributed by atoms with E-state index in [1.807, 2.05) is 6.92 Å². The van der Waals surface area contributed by atoms with Crippen molar-refractivity contribution in [3.63, 3.8) is 0 Å². The van der Waals surface area contributed by atoms with Gasteiger partial charge in [-0.15, -0.1) is 0 Å². The molecule has 168 valence electrons. The normalized spacial score (nSPS) is 11.5. The van der Waals surface area contributed by atoms with Crippen molar-refractivity contribution >= 4 is 28.3 Å². The van der Waals surface area contributed by atoms with Crippen molar-refractivity contribution in [1.82, 2.24) is 15.0 Å². The molecule has 0 radical (unpaired) electrons. The first kappa shape index (κ1) is 22.1. The number of hydrogen-bond acceptors (Lipinski definition) is 5. The van der Waals surface area contributed by atoms with Crippen LogP contribution in [-0.2, 0) is 6.18 Å². The maximum atomic E-state index is 14.4. The summed E-state index contributed by atoms with van der Waals surface area (Å²) in [6.45, 7) is 1.85. The second-order valence-corrected chi connectivity index (χ2v) is 7.24. The van der Waals surface area contributed by atoms with Gasteiger partial charge in [-0.25, -0.2) is 9.37 Å². The molecule has 10 heteroatoms. The summed E-state index contributed by atoms with van der Waals surface area (Å²) < 4.78 is 53.1. The zero-order valence-corrected chi connectivity index (χ0v) is 17.5. The number of pyridine rings is 3. The van der Waals surface area contributed by atoms with Crippen LogP contribution in [0, 0.1) is 12.7 Å². The largest absolute Gasteiger partial charge is 0.433 e. The summed E-state index contributed by atoms with van der Waals surface area (Å²) in [5.41, 5.74) is 1.46. The molecule has 0 unspecified atom stereocenters. The number of alkyl halides is 3. The van der Waals surface area contributed by atoms with E-state index in [0.29, 0.717) is 28.3 Å². The van der Waals surface area contributed by atoms with Crippen LogP contribution in [0.3, 0.4) is 0 Å². The number of nitrogens with one attached hydrogen (secondary N) is 2. The van der Waals surface area contributed by atoms with Crippen LogP contribution in [0.15, 0.2) is 55.0 Å². The first-order valence-electron chi connectivity index (χ1n) is 9.75. The molecule has 2 N–H and O–H groups in total. The minimum Gasteiger partial charge on any atom is -0.371 e. The zero-order chi connectivity index (χ0) is 23.8. The molecule has 0 spiro atoms. The number of anilines is 2.